The maximum Gasteiger partial charge on any atom is 0.139 e. The zero-order valence-corrected chi connectivity index (χ0v) is 16.8. The van der Waals surface area contributed by atoms with Crippen molar-refractivity contribution in [1.29, 1.82) is 0 Å². The first kappa shape index (κ1) is 15.6. The highest BCUT2D eigenvalue weighted by atomic mass is 79.9. The van der Waals surface area contributed by atoms with Gasteiger partial charge in [0.15, 0.2) is 0 Å². The van der Waals surface area contributed by atoms with E-state index in [1.165, 1.54) is 21.5 Å². The van der Waals surface area contributed by atoms with Crippen LogP contribution >= 0.6 is 15.9 Å². The normalized spacial score (nSPS) is 12.3. The Morgan fingerprint density at radius 2 is 1.14 bits per heavy atom. The molecule has 0 saturated carbocycles. The fourth-order valence-electron chi connectivity index (χ4n) is 4.64. The average Bonchev–Trinajstić information content (AvgIpc) is 3.29. The predicted molar refractivity (Wildman–Crippen MR) is 124 cm³/mol. The molecule has 0 bridgehead atoms. The standard InChI is InChI=1S/C26H13BrO2/c27-20-12-24-26(17-8-4-3-7-16(17)20)19-11-18-22(13-23(19)29-24)28-21-10-9-14-5-1-2-6-15(14)25(18)21/h1-13H. The molecule has 0 atom stereocenters. The highest BCUT2D eigenvalue weighted by molar-refractivity contribution is 9.10. The third-order valence-electron chi connectivity index (χ3n) is 5.91. The molecule has 0 unspecified atom stereocenters. The maximum atomic E-state index is 6.24. The summed E-state index contributed by atoms with van der Waals surface area (Å²) in [4.78, 5) is 0. The maximum absolute atomic E-state index is 6.24. The number of rotatable bonds is 0. The van der Waals surface area contributed by atoms with Crippen molar-refractivity contribution in [3.8, 4) is 0 Å². The van der Waals surface area contributed by atoms with Crippen LogP contribution in [0.2, 0.25) is 0 Å². The van der Waals surface area contributed by atoms with Gasteiger partial charge in [-0.3, -0.25) is 0 Å². The van der Waals surface area contributed by atoms with Crippen LogP contribution in [-0.2, 0) is 0 Å². The number of benzene rings is 5. The van der Waals surface area contributed by atoms with E-state index in [-0.39, 0.29) is 0 Å². The van der Waals surface area contributed by atoms with Crippen molar-refractivity contribution in [2.45, 2.75) is 0 Å². The molecule has 0 saturated heterocycles. The number of fused-ring (bicyclic) bond motifs is 10. The molecule has 0 amide bonds. The van der Waals surface area contributed by atoms with E-state index in [2.05, 4.69) is 88.7 Å². The van der Waals surface area contributed by atoms with E-state index in [9.17, 15) is 0 Å². The second kappa shape index (κ2) is 5.40. The molecule has 7 rings (SSSR count). The van der Waals surface area contributed by atoms with Gasteiger partial charge in [0, 0.05) is 32.1 Å². The molecule has 2 nitrogen and oxygen atoms in total. The Morgan fingerprint density at radius 3 is 1.97 bits per heavy atom. The molecule has 0 spiro atoms. The minimum absolute atomic E-state index is 0.846. The predicted octanol–water partition coefficient (Wildman–Crippen LogP) is 8.55. The molecule has 0 radical (unpaired) electrons. The third kappa shape index (κ3) is 2.00. The van der Waals surface area contributed by atoms with Crippen molar-refractivity contribution in [2.24, 2.45) is 0 Å². The number of halogens is 1. The molecule has 5 aromatic carbocycles. The van der Waals surface area contributed by atoms with E-state index in [0.29, 0.717) is 0 Å². The fourth-order valence-corrected chi connectivity index (χ4v) is 5.19. The van der Waals surface area contributed by atoms with Crippen LogP contribution < -0.4 is 0 Å². The summed E-state index contributed by atoms with van der Waals surface area (Å²) in [6.07, 6.45) is 0. The van der Waals surface area contributed by atoms with Gasteiger partial charge in [-0.05, 0) is 39.7 Å². The number of hydrogen-bond donors (Lipinski definition) is 0. The van der Waals surface area contributed by atoms with Crippen LogP contribution in [0.1, 0.15) is 0 Å². The second-order valence-corrected chi connectivity index (χ2v) is 8.34. The molecular weight excluding hydrogens is 424 g/mol. The van der Waals surface area contributed by atoms with Crippen molar-refractivity contribution in [3.05, 3.63) is 83.3 Å². The van der Waals surface area contributed by atoms with Crippen molar-refractivity contribution in [3.63, 3.8) is 0 Å². The van der Waals surface area contributed by atoms with Gasteiger partial charge in [0.1, 0.15) is 22.3 Å². The van der Waals surface area contributed by atoms with Gasteiger partial charge < -0.3 is 8.83 Å². The molecular formula is C26H13BrO2. The summed E-state index contributed by atoms with van der Waals surface area (Å²) in [6.45, 7) is 0. The van der Waals surface area contributed by atoms with Gasteiger partial charge in [0.2, 0.25) is 0 Å². The van der Waals surface area contributed by atoms with Gasteiger partial charge >= 0.3 is 0 Å². The van der Waals surface area contributed by atoms with Crippen LogP contribution in [0, 0.1) is 0 Å². The average molecular weight is 437 g/mol. The fraction of sp³-hybridized carbons (Fsp3) is 0. The summed E-state index contributed by atoms with van der Waals surface area (Å²) in [5.41, 5.74) is 3.49. The van der Waals surface area contributed by atoms with Gasteiger partial charge in [-0.2, -0.15) is 0 Å². The molecule has 0 N–H and O–H groups in total. The Hall–Kier alpha value is -3.30. The van der Waals surface area contributed by atoms with Gasteiger partial charge in [-0.1, -0.05) is 70.5 Å². The zero-order chi connectivity index (χ0) is 19.1. The van der Waals surface area contributed by atoms with E-state index in [0.717, 1.165) is 48.3 Å². The molecule has 2 aromatic heterocycles. The molecule has 29 heavy (non-hydrogen) atoms. The van der Waals surface area contributed by atoms with Crippen LogP contribution in [0.5, 0.6) is 0 Å². The molecule has 0 aliphatic carbocycles. The summed E-state index contributed by atoms with van der Waals surface area (Å²) in [6, 6.07) is 27.4. The zero-order valence-electron chi connectivity index (χ0n) is 15.2. The Morgan fingerprint density at radius 1 is 0.483 bits per heavy atom. The minimum Gasteiger partial charge on any atom is -0.456 e. The van der Waals surface area contributed by atoms with Crippen LogP contribution in [0.4, 0.5) is 0 Å². The molecule has 7 aromatic rings. The summed E-state index contributed by atoms with van der Waals surface area (Å²) in [5.74, 6) is 0. The van der Waals surface area contributed by atoms with E-state index >= 15 is 0 Å². The highest BCUT2D eigenvalue weighted by Gasteiger charge is 2.17. The van der Waals surface area contributed by atoms with Gasteiger partial charge in [-0.25, -0.2) is 0 Å². The van der Waals surface area contributed by atoms with E-state index in [1.807, 2.05) is 6.07 Å². The summed E-state index contributed by atoms with van der Waals surface area (Å²) < 4.78 is 13.5. The number of hydrogen-bond acceptors (Lipinski definition) is 2. The molecule has 0 aliphatic heterocycles. The molecule has 0 aliphatic rings. The van der Waals surface area contributed by atoms with E-state index in [1.54, 1.807) is 0 Å². The summed E-state index contributed by atoms with van der Waals surface area (Å²) in [7, 11) is 0. The molecule has 136 valence electrons. The van der Waals surface area contributed by atoms with Crippen molar-refractivity contribution >= 4 is 81.4 Å². The first-order valence-corrected chi connectivity index (χ1v) is 10.3. The lowest BCUT2D eigenvalue weighted by molar-refractivity contribution is 0.656. The highest BCUT2D eigenvalue weighted by Crippen LogP contribution is 2.42. The van der Waals surface area contributed by atoms with Crippen molar-refractivity contribution < 1.29 is 8.83 Å². The van der Waals surface area contributed by atoms with E-state index in [4.69, 9.17) is 8.83 Å². The number of furan rings is 2. The van der Waals surface area contributed by atoms with Crippen molar-refractivity contribution in [2.75, 3.05) is 0 Å². The lowest BCUT2D eigenvalue weighted by Crippen LogP contribution is -1.77. The van der Waals surface area contributed by atoms with Gasteiger partial charge in [0.25, 0.3) is 0 Å². The molecule has 2 heterocycles. The lowest BCUT2D eigenvalue weighted by Gasteiger charge is -2.02. The third-order valence-corrected chi connectivity index (χ3v) is 6.57. The second-order valence-electron chi connectivity index (χ2n) is 7.49. The Labute approximate surface area is 173 Å². The van der Waals surface area contributed by atoms with Crippen LogP contribution in [0.3, 0.4) is 0 Å². The monoisotopic (exact) mass is 436 g/mol. The van der Waals surface area contributed by atoms with Crippen LogP contribution in [0.25, 0.3) is 65.4 Å². The van der Waals surface area contributed by atoms with Crippen LogP contribution in [0.15, 0.2) is 92.2 Å². The quantitative estimate of drug-likeness (QED) is 0.238. The Kier molecular flexibility index (Phi) is 2.90. The Bertz CT molecular complexity index is 1770. The smallest absolute Gasteiger partial charge is 0.139 e. The van der Waals surface area contributed by atoms with Crippen LogP contribution in [-0.4, -0.2) is 0 Å². The SMILES string of the molecule is Brc1cc2oc3cc4oc5ccc6ccccc6c5c4cc3c2c2ccccc12. The Balaban J connectivity index is 1.74. The van der Waals surface area contributed by atoms with Gasteiger partial charge in [0.05, 0.1) is 0 Å². The first-order valence-electron chi connectivity index (χ1n) is 9.55. The van der Waals surface area contributed by atoms with Crippen molar-refractivity contribution in [1.82, 2.24) is 0 Å². The minimum atomic E-state index is 0.846. The van der Waals surface area contributed by atoms with E-state index < -0.39 is 0 Å². The lowest BCUT2D eigenvalue weighted by atomic mass is 10.0. The molecule has 0 fully saturated rings. The van der Waals surface area contributed by atoms with Gasteiger partial charge in [-0.15, -0.1) is 0 Å². The topological polar surface area (TPSA) is 26.3 Å². The largest absolute Gasteiger partial charge is 0.456 e. The first-order chi connectivity index (χ1) is 14.3. The summed E-state index contributed by atoms with van der Waals surface area (Å²) in [5, 5.41) is 9.35. The molecule has 3 heteroatoms. The summed E-state index contributed by atoms with van der Waals surface area (Å²) >= 11 is 3.69.